The lowest BCUT2D eigenvalue weighted by Crippen LogP contribution is -2.39. The third kappa shape index (κ3) is 4.11. The summed E-state index contributed by atoms with van der Waals surface area (Å²) in [5.74, 6) is -1.28. The second-order valence-electron chi connectivity index (χ2n) is 6.29. The van der Waals surface area contributed by atoms with E-state index >= 15 is 0 Å². The lowest BCUT2D eigenvalue weighted by Gasteiger charge is -2.23. The number of nitrogens with one attached hydrogen (secondary N) is 1. The number of nitrogens with zero attached hydrogens (tertiary/aromatic N) is 4. The molecule has 12 nitrogen and oxygen atoms in total. The number of fused-ring (bicyclic) bond motifs is 1. The summed E-state index contributed by atoms with van der Waals surface area (Å²) in [4.78, 5) is 47.8. The van der Waals surface area contributed by atoms with Crippen LogP contribution >= 0.6 is 0 Å². The number of rotatable bonds is 6. The molecule has 4 unspecified atom stereocenters. The Balaban J connectivity index is 2.04. The maximum atomic E-state index is 11.8. The van der Waals surface area contributed by atoms with Crippen LogP contribution in [0.4, 0.5) is 5.82 Å². The topological polar surface area (TPSA) is 144 Å². The maximum absolute atomic E-state index is 11.8. The molecule has 29 heavy (non-hydrogen) atoms. The molecule has 1 aliphatic heterocycles. The second kappa shape index (κ2) is 8.39. The zero-order valence-electron chi connectivity index (χ0n) is 16.3. The Morgan fingerprint density at radius 1 is 1.14 bits per heavy atom. The molecule has 1 aliphatic rings. The van der Waals surface area contributed by atoms with E-state index in [9.17, 15) is 14.4 Å². The van der Waals surface area contributed by atoms with Gasteiger partial charge >= 0.3 is 17.9 Å². The van der Waals surface area contributed by atoms with Gasteiger partial charge in [0.15, 0.2) is 29.9 Å². The number of methoxy groups -OCH3 is 1. The van der Waals surface area contributed by atoms with Crippen LogP contribution in [0, 0.1) is 0 Å². The van der Waals surface area contributed by atoms with Crippen LogP contribution in [-0.4, -0.2) is 69.9 Å². The van der Waals surface area contributed by atoms with Gasteiger partial charge in [-0.1, -0.05) is 0 Å². The van der Waals surface area contributed by atoms with Crippen molar-refractivity contribution >= 4 is 34.9 Å². The highest BCUT2D eigenvalue weighted by Gasteiger charge is 2.51. The van der Waals surface area contributed by atoms with Gasteiger partial charge < -0.3 is 24.3 Å². The zero-order valence-corrected chi connectivity index (χ0v) is 16.3. The van der Waals surface area contributed by atoms with Crippen molar-refractivity contribution in [2.24, 2.45) is 0 Å². The summed E-state index contributed by atoms with van der Waals surface area (Å²) >= 11 is 0. The highest BCUT2D eigenvalue weighted by molar-refractivity contribution is 5.82. The van der Waals surface area contributed by atoms with E-state index in [0.717, 1.165) is 0 Å². The molecule has 1 fully saturated rings. The van der Waals surface area contributed by atoms with Gasteiger partial charge in [-0.05, 0) is 0 Å². The van der Waals surface area contributed by atoms with Crippen LogP contribution in [-0.2, 0) is 33.3 Å². The third-order valence-electron chi connectivity index (χ3n) is 4.35. The number of anilines is 1. The third-order valence-corrected chi connectivity index (χ3v) is 4.35. The Morgan fingerprint density at radius 3 is 2.45 bits per heavy atom. The van der Waals surface area contributed by atoms with E-state index < -0.39 is 42.4 Å². The molecule has 0 spiro atoms. The predicted octanol–water partition coefficient (Wildman–Crippen LogP) is 0.192. The van der Waals surface area contributed by atoms with Crippen LogP contribution in [0.25, 0.3) is 11.2 Å². The Labute approximate surface area is 165 Å². The molecule has 0 aliphatic carbocycles. The Bertz CT molecular complexity index is 930. The van der Waals surface area contributed by atoms with Crippen molar-refractivity contribution in [3.05, 3.63) is 12.7 Å². The van der Waals surface area contributed by atoms with Gasteiger partial charge in [-0.3, -0.25) is 19.0 Å². The quantitative estimate of drug-likeness (QED) is 0.517. The van der Waals surface area contributed by atoms with Crippen molar-refractivity contribution in [2.45, 2.75) is 44.8 Å². The number of carbonyl (C=O) groups is 3. The summed E-state index contributed by atoms with van der Waals surface area (Å²) < 4.78 is 23.0. The van der Waals surface area contributed by atoms with E-state index in [0.29, 0.717) is 17.0 Å². The normalized spacial score (nSPS) is 23.6. The first kappa shape index (κ1) is 20.5. The molecule has 12 heteroatoms. The van der Waals surface area contributed by atoms with Crippen LogP contribution in [0.15, 0.2) is 12.7 Å². The minimum Gasteiger partial charge on any atom is -0.469 e. The molecule has 3 rings (SSSR count). The molecule has 1 saturated heterocycles. The van der Waals surface area contributed by atoms with Gasteiger partial charge in [0.05, 0.1) is 19.9 Å². The number of carbonyl (C=O) groups excluding carboxylic acids is 3. The molecule has 0 bridgehead atoms. The lowest BCUT2D eigenvalue weighted by molar-refractivity contribution is -0.165. The molecule has 0 aromatic carbocycles. The summed E-state index contributed by atoms with van der Waals surface area (Å²) in [6.07, 6.45) is -1.30. The van der Waals surface area contributed by atoms with Crippen molar-refractivity contribution in [1.82, 2.24) is 19.5 Å². The molecular formula is C17H21N5O7. The summed E-state index contributed by atoms with van der Waals surface area (Å²) in [5, 5.41) is 2.91. The van der Waals surface area contributed by atoms with E-state index in [1.165, 1.54) is 33.6 Å². The van der Waals surface area contributed by atoms with E-state index in [-0.39, 0.29) is 6.42 Å². The Hall–Kier alpha value is -3.28. The molecule has 1 N–H and O–H groups in total. The van der Waals surface area contributed by atoms with Crippen LogP contribution in [0.1, 0.15) is 26.5 Å². The van der Waals surface area contributed by atoms with Gasteiger partial charge in [0, 0.05) is 20.9 Å². The number of esters is 3. The number of hydrogen-bond acceptors (Lipinski definition) is 11. The summed E-state index contributed by atoms with van der Waals surface area (Å²) in [5.41, 5.74) is 0.882. The fourth-order valence-corrected chi connectivity index (χ4v) is 3.22. The van der Waals surface area contributed by atoms with Gasteiger partial charge in [0.25, 0.3) is 0 Å². The minimum absolute atomic E-state index is 0.202. The Morgan fingerprint density at radius 2 is 1.83 bits per heavy atom. The molecule has 0 saturated carbocycles. The Kier molecular flexibility index (Phi) is 5.92. The average Bonchev–Trinajstić information content (AvgIpc) is 3.23. The van der Waals surface area contributed by atoms with Crippen LogP contribution in [0.5, 0.6) is 0 Å². The van der Waals surface area contributed by atoms with Crippen LogP contribution in [0.2, 0.25) is 0 Å². The number of imidazole rings is 1. The van der Waals surface area contributed by atoms with Gasteiger partial charge in [0.2, 0.25) is 0 Å². The smallest absolute Gasteiger partial charge is 0.308 e. The van der Waals surface area contributed by atoms with Crippen LogP contribution < -0.4 is 5.32 Å². The molecule has 2 aromatic heterocycles. The maximum Gasteiger partial charge on any atom is 0.308 e. The van der Waals surface area contributed by atoms with E-state index in [2.05, 4.69) is 20.3 Å². The molecule has 0 radical (unpaired) electrons. The minimum atomic E-state index is -1.03. The molecule has 2 aromatic rings. The molecular weight excluding hydrogens is 386 g/mol. The second-order valence-corrected chi connectivity index (χ2v) is 6.29. The van der Waals surface area contributed by atoms with Gasteiger partial charge in [-0.2, -0.15) is 0 Å². The SMILES string of the molecule is CNc1ncnc2c1ncn2C1OC(CC(=O)OC)C(OC(C)=O)C1OC(C)=O. The fourth-order valence-electron chi connectivity index (χ4n) is 3.22. The fraction of sp³-hybridized carbons (Fsp3) is 0.529. The molecule has 0 amide bonds. The molecule has 156 valence electrons. The highest BCUT2D eigenvalue weighted by Crippen LogP contribution is 2.37. The van der Waals surface area contributed by atoms with E-state index in [1.807, 2.05) is 0 Å². The monoisotopic (exact) mass is 407 g/mol. The zero-order chi connectivity index (χ0) is 21.1. The largest absolute Gasteiger partial charge is 0.469 e. The molecule has 4 atom stereocenters. The number of hydrogen-bond donors (Lipinski definition) is 1. The van der Waals surface area contributed by atoms with Crippen molar-refractivity contribution in [1.29, 1.82) is 0 Å². The van der Waals surface area contributed by atoms with Crippen molar-refractivity contribution in [2.75, 3.05) is 19.5 Å². The highest BCUT2D eigenvalue weighted by atomic mass is 16.6. The van der Waals surface area contributed by atoms with E-state index in [1.54, 1.807) is 11.6 Å². The first-order chi connectivity index (χ1) is 13.8. The van der Waals surface area contributed by atoms with E-state index in [4.69, 9.17) is 18.9 Å². The van der Waals surface area contributed by atoms with Gasteiger partial charge in [-0.25, -0.2) is 15.0 Å². The summed E-state index contributed by atoms with van der Waals surface area (Å²) in [6.45, 7) is 2.44. The summed E-state index contributed by atoms with van der Waals surface area (Å²) in [7, 11) is 2.93. The van der Waals surface area contributed by atoms with Crippen molar-refractivity contribution in [3.8, 4) is 0 Å². The van der Waals surface area contributed by atoms with Crippen LogP contribution in [0.3, 0.4) is 0 Å². The first-order valence-corrected chi connectivity index (χ1v) is 8.77. The standard InChI is InChI=1S/C17H21N5O7/c1-8(23)27-13-10(5-11(25)26-4)29-17(14(13)28-9(2)24)22-7-21-12-15(18-3)19-6-20-16(12)22/h6-7,10,13-14,17H,5H2,1-4H3,(H,18,19,20). The van der Waals surface area contributed by atoms with Crippen molar-refractivity contribution < 1.29 is 33.3 Å². The molecule has 3 heterocycles. The average molecular weight is 407 g/mol. The van der Waals surface area contributed by atoms with Gasteiger partial charge in [-0.15, -0.1) is 0 Å². The number of aromatic nitrogens is 4. The predicted molar refractivity (Wildman–Crippen MR) is 96.5 cm³/mol. The lowest BCUT2D eigenvalue weighted by atomic mass is 10.1. The van der Waals surface area contributed by atoms with Crippen molar-refractivity contribution in [3.63, 3.8) is 0 Å². The van der Waals surface area contributed by atoms with Gasteiger partial charge in [0.1, 0.15) is 17.9 Å². The summed E-state index contributed by atoms with van der Waals surface area (Å²) in [6, 6.07) is 0. The number of ether oxygens (including phenoxy) is 4. The first-order valence-electron chi connectivity index (χ1n) is 8.77.